The third-order valence-corrected chi connectivity index (χ3v) is 2.81. The zero-order valence-corrected chi connectivity index (χ0v) is 9.77. The van der Waals surface area contributed by atoms with Gasteiger partial charge >= 0.3 is 0 Å². The number of nitrogens with two attached hydrogens (primary N) is 1. The van der Waals surface area contributed by atoms with Crippen LogP contribution in [0, 0.1) is 0 Å². The minimum Gasteiger partial charge on any atom is -0.339 e. The molecule has 0 radical (unpaired) electrons. The molecule has 0 aliphatic carbocycles. The third-order valence-electron chi connectivity index (χ3n) is 2.81. The van der Waals surface area contributed by atoms with Crippen LogP contribution in [0.4, 0.5) is 0 Å². The van der Waals surface area contributed by atoms with Gasteiger partial charge in [-0.3, -0.25) is 9.69 Å². The summed E-state index contributed by atoms with van der Waals surface area (Å²) < 4.78 is 0. The van der Waals surface area contributed by atoms with Crippen molar-refractivity contribution in [2.24, 2.45) is 5.73 Å². The summed E-state index contributed by atoms with van der Waals surface area (Å²) in [5, 5.41) is 0. The standard InChI is InChI=1S/C12H21N3O/c1-3-5-11(13)12(16)15-9-7-14(6-4-2)8-10-15/h3-4,11H,1-2,5-10,13H2. The second-order valence-electron chi connectivity index (χ2n) is 4.05. The first kappa shape index (κ1) is 12.9. The van der Waals surface area contributed by atoms with Crippen LogP contribution in [0.2, 0.25) is 0 Å². The van der Waals surface area contributed by atoms with E-state index < -0.39 is 6.04 Å². The molecule has 1 unspecified atom stereocenters. The molecule has 1 saturated heterocycles. The van der Waals surface area contributed by atoms with Gasteiger partial charge in [-0.05, 0) is 6.42 Å². The van der Waals surface area contributed by atoms with E-state index >= 15 is 0 Å². The van der Waals surface area contributed by atoms with E-state index in [-0.39, 0.29) is 5.91 Å². The third kappa shape index (κ3) is 3.47. The molecule has 1 rings (SSSR count). The van der Waals surface area contributed by atoms with Crippen LogP contribution >= 0.6 is 0 Å². The van der Waals surface area contributed by atoms with E-state index in [0.29, 0.717) is 6.42 Å². The van der Waals surface area contributed by atoms with Crippen LogP contribution in [0.15, 0.2) is 25.3 Å². The highest BCUT2D eigenvalue weighted by Crippen LogP contribution is 2.04. The fourth-order valence-corrected chi connectivity index (χ4v) is 1.85. The van der Waals surface area contributed by atoms with E-state index in [1.165, 1.54) is 0 Å². The van der Waals surface area contributed by atoms with Gasteiger partial charge in [-0.25, -0.2) is 0 Å². The molecular weight excluding hydrogens is 202 g/mol. The summed E-state index contributed by atoms with van der Waals surface area (Å²) in [5.41, 5.74) is 5.76. The molecule has 0 spiro atoms. The highest BCUT2D eigenvalue weighted by Gasteiger charge is 2.23. The lowest BCUT2D eigenvalue weighted by Crippen LogP contribution is -2.53. The van der Waals surface area contributed by atoms with Crippen molar-refractivity contribution >= 4 is 5.91 Å². The molecule has 0 bridgehead atoms. The van der Waals surface area contributed by atoms with Gasteiger partial charge in [0.05, 0.1) is 6.04 Å². The van der Waals surface area contributed by atoms with E-state index in [1.807, 2.05) is 11.0 Å². The summed E-state index contributed by atoms with van der Waals surface area (Å²) in [7, 11) is 0. The summed E-state index contributed by atoms with van der Waals surface area (Å²) in [5.74, 6) is 0.0400. The van der Waals surface area contributed by atoms with Gasteiger partial charge in [0.25, 0.3) is 0 Å². The van der Waals surface area contributed by atoms with E-state index in [2.05, 4.69) is 18.1 Å². The van der Waals surface area contributed by atoms with Crippen LogP contribution in [0.1, 0.15) is 6.42 Å². The van der Waals surface area contributed by atoms with E-state index in [9.17, 15) is 4.79 Å². The minimum atomic E-state index is -0.427. The fourth-order valence-electron chi connectivity index (χ4n) is 1.85. The quantitative estimate of drug-likeness (QED) is 0.678. The molecule has 2 N–H and O–H groups in total. The van der Waals surface area contributed by atoms with Crippen molar-refractivity contribution in [1.82, 2.24) is 9.80 Å². The van der Waals surface area contributed by atoms with Gasteiger partial charge in [-0.1, -0.05) is 12.2 Å². The zero-order chi connectivity index (χ0) is 12.0. The van der Waals surface area contributed by atoms with E-state index in [4.69, 9.17) is 5.73 Å². The molecule has 0 aromatic rings. The molecule has 1 atom stereocenters. The first-order valence-corrected chi connectivity index (χ1v) is 5.67. The predicted molar refractivity (Wildman–Crippen MR) is 66.0 cm³/mol. The Bertz CT molecular complexity index is 257. The Morgan fingerprint density at radius 1 is 1.25 bits per heavy atom. The van der Waals surface area contributed by atoms with Gasteiger partial charge in [0.15, 0.2) is 0 Å². The molecular formula is C12H21N3O. The first-order valence-electron chi connectivity index (χ1n) is 5.67. The van der Waals surface area contributed by atoms with Crippen LogP contribution < -0.4 is 5.73 Å². The second kappa shape index (κ2) is 6.45. The normalized spacial score (nSPS) is 19.2. The highest BCUT2D eigenvalue weighted by atomic mass is 16.2. The van der Waals surface area contributed by atoms with Gasteiger partial charge < -0.3 is 10.6 Å². The molecule has 1 heterocycles. The van der Waals surface area contributed by atoms with Crippen molar-refractivity contribution in [3.63, 3.8) is 0 Å². The monoisotopic (exact) mass is 223 g/mol. The van der Waals surface area contributed by atoms with Crippen molar-refractivity contribution < 1.29 is 4.79 Å². The van der Waals surface area contributed by atoms with Gasteiger partial charge in [0.1, 0.15) is 0 Å². The highest BCUT2D eigenvalue weighted by molar-refractivity contribution is 5.81. The molecule has 0 saturated carbocycles. The number of piperazine rings is 1. The van der Waals surface area contributed by atoms with Crippen molar-refractivity contribution in [2.45, 2.75) is 12.5 Å². The van der Waals surface area contributed by atoms with Gasteiger partial charge in [0, 0.05) is 32.7 Å². The molecule has 4 nitrogen and oxygen atoms in total. The average Bonchev–Trinajstić information content (AvgIpc) is 2.30. The molecule has 4 heteroatoms. The van der Waals surface area contributed by atoms with E-state index in [1.54, 1.807) is 6.08 Å². The molecule has 0 aromatic carbocycles. The number of amides is 1. The van der Waals surface area contributed by atoms with Gasteiger partial charge in [-0.15, -0.1) is 13.2 Å². The Morgan fingerprint density at radius 3 is 2.38 bits per heavy atom. The fraction of sp³-hybridized carbons (Fsp3) is 0.583. The molecule has 0 aromatic heterocycles. The number of nitrogens with zero attached hydrogens (tertiary/aromatic N) is 2. The Balaban J connectivity index is 2.37. The smallest absolute Gasteiger partial charge is 0.239 e. The van der Waals surface area contributed by atoms with Gasteiger partial charge in [0.2, 0.25) is 5.91 Å². The Labute approximate surface area is 97.4 Å². The number of carbonyl (C=O) groups excluding carboxylic acids is 1. The summed E-state index contributed by atoms with van der Waals surface area (Å²) in [6, 6.07) is -0.427. The summed E-state index contributed by atoms with van der Waals surface area (Å²) in [6.45, 7) is 11.5. The van der Waals surface area contributed by atoms with Crippen molar-refractivity contribution in [3.05, 3.63) is 25.3 Å². The van der Waals surface area contributed by atoms with Crippen molar-refractivity contribution in [3.8, 4) is 0 Å². The van der Waals surface area contributed by atoms with Crippen molar-refractivity contribution in [2.75, 3.05) is 32.7 Å². The lowest BCUT2D eigenvalue weighted by atomic mass is 10.1. The Kier molecular flexibility index (Phi) is 5.22. The maximum absolute atomic E-state index is 11.9. The van der Waals surface area contributed by atoms with Gasteiger partial charge in [-0.2, -0.15) is 0 Å². The summed E-state index contributed by atoms with van der Waals surface area (Å²) in [4.78, 5) is 16.0. The number of carbonyl (C=O) groups is 1. The molecule has 1 amide bonds. The SMILES string of the molecule is C=CCC(N)C(=O)N1CCN(CC=C)CC1. The molecule has 1 aliphatic heterocycles. The number of rotatable bonds is 5. The van der Waals surface area contributed by atoms with Crippen LogP contribution in [-0.2, 0) is 4.79 Å². The molecule has 1 aliphatic rings. The van der Waals surface area contributed by atoms with Crippen LogP contribution in [0.3, 0.4) is 0 Å². The molecule has 16 heavy (non-hydrogen) atoms. The Morgan fingerprint density at radius 2 is 1.88 bits per heavy atom. The lowest BCUT2D eigenvalue weighted by molar-refractivity contribution is -0.134. The zero-order valence-electron chi connectivity index (χ0n) is 9.77. The average molecular weight is 223 g/mol. The number of hydrogen-bond acceptors (Lipinski definition) is 3. The topological polar surface area (TPSA) is 49.6 Å². The second-order valence-corrected chi connectivity index (χ2v) is 4.05. The minimum absolute atomic E-state index is 0.0400. The summed E-state index contributed by atoms with van der Waals surface area (Å²) >= 11 is 0. The lowest BCUT2D eigenvalue weighted by Gasteiger charge is -2.35. The van der Waals surface area contributed by atoms with E-state index in [0.717, 1.165) is 32.7 Å². The van der Waals surface area contributed by atoms with Crippen molar-refractivity contribution in [1.29, 1.82) is 0 Å². The summed E-state index contributed by atoms with van der Waals surface area (Å²) in [6.07, 6.45) is 4.13. The maximum atomic E-state index is 11.9. The molecule has 90 valence electrons. The van der Waals surface area contributed by atoms with Crippen LogP contribution in [0.5, 0.6) is 0 Å². The number of hydrogen-bond donors (Lipinski definition) is 1. The first-order chi connectivity index (χ1) is 7.69. The largest absolute Gasteiger partial charge is 0.339 e. The van der Waals surface area contributed by atoms with Crippen LogP contribution in [0.25, 0.3) is 0 Å². The van der Waals surface area contributed by atoms with Crippen LogP contribution in [-0.4, -0.2) is 54.5 Å². The molecule has 1 fully saturated rings. The Hall–Kier alpha value is -1.13. The maximum Gasteiger partial charge on any atom is 0.239 e. The predicted octanol–water partition coefficient (Wildman–Crippen LogP) is 0.220.